The van der Waals surface area contributed by atoms with Crippen LogP contribution in [0.1, 0.15) is 50.1 Å². The average molecular weight is 425 g/mol. The minimum Gasteiger partial charge on any atom is -0.387 e. The third-order valence-electron chi connectivity index (χ3n) is 6.53. The molecule has 8 nitrogen and oxygen atoms in total. The van der Waals surface area contributed by atoms with E-state index < -0.39 is 15.6 Å². The molecular weight excluding hydrogens is 392 g/mol. The first-order chi connectivity index (χ1) is 13.7. The van der Waals surface area contributed by atoms with Gasteiger partial charge in [-0.1, -0.05) is 0 Å². The maximum absolute atomic E-state index is 12.2. The molecule has 1 N–H and O–H groups in total. The van der Waals surface area contributed by atoms with Crippen molar-refractivity contribution < 1.29 is 13.5 Å². The van der Waals surface area contributed by atoms with Crippen molar-refractivity contribution in [2.24, 2.45) is 5.92 Å². The maximum atomic E-state index is 12.2. The van der Waals surface area contributed by atoms with Crippen LogP contribution >= 0.6 is 0 Å². The highest BCUT2D eigenvalue weighted by atomic mass is 32.2. The minimum atomic E-state index is -3.28. The second-order valence-corrected chi connectivity index (χ2v) is 11.2. The van der Waals surface area contributed by atoms with E-state index in [1.165, 1.54) is 23.4 Å². The lowest BCUT2D eigenvalue weighted by Gasteiger charge is -2.42. The van der Waals surface area contributed by atoms with Crippen LogP contribution in [0.25, 0.3) is 0 Å². The Hall–Kier alpha value is -1.29. The third kappa shape index (κ3) is 5.25. The zero-order valence-electron chi connectivity index (χ0n) is 17.2. The molecule has 3 heterocycles. The van der Waals surface area contributed by atoms with E-state index >= 15 is 0 Å². The Morgan fingerprint density at radius 1 is 1.17 bits per heavy atom. The average Bonchev–Trinajstić information content (AvgIpc) is 3.49. The summed E-state index contributed by atoms with van der Waals surface area (Å²) in [5.74, 6) is 0.936. The van der Waals surface area contributed by atoms with Crippen LogP contribution in [0.15, 0.2) is 16.9 Å². The number of hydrogen-bond acceptors (Lipinski definition) is 6. The fourth-order valence-corrected chi connectivity index (χ4v) is 5.60. The van der Waals surface area contributed by atoms with Gasteiger partial charge in [0.05, 0.1) is 17.6 Å². The minimum absolute atomic E-state index is 0.0331. The second kappa shape index (κ2) is 8.09. The summed E-state index contributed by atoms with van der Waals surface area (Å²) >= 11 is 0. The molecule has 1 atom stereocenters. The highest BCUT2D eigenvalue weighted by Crippen LogP contribution is 2.38. The zero-order chi connectivity index (χ0) is 20.6. The molecule has 2 aliphatic heterocycles. The molecule has 9 heteroatoms. The van der Waals surface area contributed by atoms with Gasteiger partial charge in [0, 0.05) is 38.2 Å². The number of nitrogens with zero attached hydrogens (tertiary/aromatic N) is 4. The Morgan fingerprint density at radius 3 is 2.55 bits per heavy atom. The van der Waals surface area contributed by atoms with Crippen LogP contribution in [0.5, 0.6) is 0 Å². The molecule has 29 heavy (non-hydrogen) atoms. The molecule has 1 aromatic rings. The van der Waals surface area contributed by atoms with Gasteiger partial charge in [0.1, 0.15) is 0 Å². The molecule has 1 saturated carbocycles. The number of aromatic nitrogens is 2. The summed E-state index contributed by atoms with van der Waals surface area (Å²) in [4.78, 5) is 14.4. The molecule has 4 rings (SSSR count). The Balaban J connectivity index is 1.31. The van der Waals surface area contributed by atoms with E-state index in [1.54, 1.807) is 10.7 Å². The molecule has 2 saturated heterocycles. The first kappa shape index (κ1) is 21.0. The molecule has 0 amide bonds. The van der Waals surface area contributed by atoms with Crippen molar-refractivity contribution in [3.8, 4) is 0 Å². The van der Waals surface area contributed by atoms with Gasteiger partial charge in [-0.25, -0.2) is 13.1 Å². The van der Waals surface area contributed by atoms with Crippen LogP contribution in [0.2, 0.25) is 0 Å². The summed E-state index contributed by atoms with van der Waals surface area (Å²) in [6.45, 7) is 3.52. The summed E-state index contributed by atoms with van der Waals surface area (Å²) < 4.78 is 26.7. The van der Waals surface area contributed by atoms with E-state index in [2.05, 4.69) is 10.00 Å². The van der Waals surface area contributed by atoms with Crippen molar-refractivity contribution in [2.45, 2.75) is 56.6 Å². The largest absolute Gasteiger partial charge is 0.387 e. The van der Waals surface area contributed by atoms with Crippen LogP contribution in [-0.2, 0) is 16.6 Å². The third-order valence-corrected chi connectivity index (χ3v) is 7.78. The molecule has 3 aliphatic rings. The van der Waals surface area contributed by atoms with Gasteiger partial charge in [0.15, 0.2) is 0 Å². The van der Waals surface area contributed by atoms with Gasteiger partial charge in [-0.3, -0.25) is 4.79 Å². The van der Waals surface area contributed by atoms with E-state index in [1.807, 2.05) is 6.07 Å². The number of piperidine rings is 2. The number of β-amino-alcohol motifs (C(OH)–C–C–N with tert-alkyl or cyclic N) is 1. The summed E-state index contributed by atoms with van der Waals surface area (Å²) in [5, 5.41) is 15.6. The molecule has 1 aliphatic carbocycles. The molecule has 0 radical (unpaired) electrons. The van der Waals surface area contributed by atoms with Crippen LogP contribution < -0.4 is 5.56 Å². The van der Waals surface area contributed by atoms with Crippen LogP contribution in [0.4, 0.5) is 0 Å². The van der Waals surface area contributed by atoms with Crippen LogP contribution in [-0.4, -0.2) is 77.1 Å². The molecule has 1 unspecified atom stereocenters. The molecular formula is C20H32N4O4S. The van der Waals surface area contributed by atoms with Crippen molar-refractivity contribution in [3.05, 3.63) is 28.2 Å². The number of likely N-dealkylation sites (tertiary alicyclic amines) is 1. The summed E-state index contributed by atoms with van der Waals surface area (Å²) in [7, 11) is -3.28. The summed E-state index contributed by atoms with van der Waals surface area (Å²) in [6.07, 6.45) is 6.77. The van der Waals surface area contributed by atoms with Gasteiger partial charge in [0.2, 0.25) is 10.0 Å². The Morgan fingerprint density at radius 2 is 1.90 bits per heavy atom. The van der Waals surface area contributed by atoms with Gasteiger partial charge in [0.25, 0.3) is 5.56 Å². The highest BCUT2D eigenvalue weighted by molar-refractivity contribution is 7.88. The highest BCUT2D eigenvalue weighted by Gasteiger charge is 2.38. The van der Waals surface area contributed by atoms with Gasteiger partial charge in [-0.15, -0.1) is 0 Å². The summed E-state index contributed by atoms with van der Waals surface area (Å²) in [5.41, 5.74) is 0.0248. The number of aliphatic hydroxyl groups is 1. The van der Waals surface area contributed by atoms with E-state index in [0.29, 0.717) is 44.3 Å². The van der Waals surface area contributed by atoms with Gasteiger partial charge < -0.3 is 10.0 Å². The molecule has 0 aromatic carbocycles. The lowest BCUT2D eigenvalue weighted by atomic mass is 9.91. The lowest BCUT2D eigenvalue weighted by molar-refractivity contribution is -0.0409. The van der Waals surface area contributed by atoms with Crippen molar-refractivity contribution in [3.63, 3.8) is 0 Å². The Labute approximate surface area is 172 Å². The van der Waals surface area contributed by atoms with E-state index in [4.69, 9.17) is 0 Å². The second-order valence-electron chi connectivity index (χ2n) is 9.20. The topological polar surface area (TPSA) is 95.7 Å². The number of hydrogen-bond donors (Lipinski definition) is 1. The fourth-order valence-electron chi connectivity index (χ4n) is 4.66. The molecule has 0 spiro atoms. The van der Waals surface area contributed by atoms with E-state index in [-0.39, 0.29) is 12.1 Å². The van der Waals surface area contributed by atoms with E-state index in [0.717, 1.165) is 31.6 Å². The van der Waals surface area contributed by atoms with Gasteiger partial charge in [-0.2, -0.15) is 9.40 Å². The van der Waals surface area contributed by atoms with Crippen molar-refractivity contribution >= 4 is 10.0 Å². The first-order valence-corrected chi connectivity index (χ1v) is 12.5. The maximum Gasteiger partial charge on any atom is 0.266 e. The number of sulfonamides is 1. The van der Waals surface area contributed by atoms with Crippen molar-refractivity contribution in [2.75, 3.05) is 39.0 Å². The monoisotopic (exact) mass is 424 g/mol. The van der Waals surface area contributed by atoms with Gasteiger partial charge >= 0.3 is 0 Å². The van der Waals surface area contributed by atoms with E-state index in [9.17, 15) is 18.3 Å². The molecule has 3 fully saturated rings. The summed E-state index contributed by atoms with van der Waals surface area (Å²) in [6, 6.07) is 3.51. The predicted molar refractivity (Wildman–Crippen MR) is 110 cm³/mol. The van der Waals surface area contributed by atoms with Crippen LogP contribution in [0.3, 0.4) is 0 Å². The fraction of sp³-hybridized carbons (Fsp3) is 0.800. The van der Waals surface area contributed by atoms with Crippen molar-refractivity contribution in [1.82, 2.24) is 19.0 Å². The first-order valence-electron chi connectivity index (χ1n) is 10.7. The van der Waals surface area contributed by atoms with Gasteiger partial charge in [-0.05, 0) is 63.6 Å². The molecule has 0 bridgehead atoms. The van der Waals surface area contributed by atoms with Crippen molar-refractivity contribution in [1.29, 1.82) is 0 Å². The Kier molecular flexibility index (Phi) is 5.85. The quantitative estimate of drug-likeness (QED) is 0.719. The lowest BCUT2D eigenvalue weighted by Crippen LogP contribution is -2.56. The molecule has 162 valence electrons. The predicted octanol–water partition coefficient (Wildman–Crippen LogP) is 0.619. The SMILES string of the molecule is CS(=O)(=O)N1CCCC(O)(CN2CCC(Cn3nc(C4CC4)ccc3=O)CC2)C1. The normalized spacial score (nSPS) is 27.9. The zero-order valence-corrected chi connectivity index (χ0v) is 18.0. The van der Waals surface area contributed by atoms with Crippen LogP contribution in [0, 0.1) is 5.92 Å². The Bertz CT molecular complexity index is 890. The standard InChI is InChI=1S/C20H32N4O4S/c1-29(27,28)23-10-2-9-20(26,15-23)14-22-11-7-16(8-12-22)13-24-19(25)6-5-18(21-24)17-3-4-17/h5-6,16-17,26H,2-4,7-15H2,1H3. The molecule has 1 aromatic heterocycles. The number of rotatable bonds is 6. The smallest absolute Gasteiger partial charge is 0.266 e.